The molecule has 0 radical (unpaired) electrons. The molecule has 0 aromatic heterocycles. The smallest absolute Gasteiger partial charge is 0.00504 e. The Balaban J connectivity index is 1.58. The van der Waals surface area contributed by atoms with E-state index in [4.69, 9.17) is 0 Å². The molecule has 1 saturated heterocycles. The lowest BCUT2D eigenvalue weighted by Crippen LogP contribution is -2.46. The second kappa shape index (κ2) is 6.36. The summed E-state index contributed by atoms with van der Waals surface area (Å²) in [6.07, 6.45) is 11.8. The van der Waals surface area contributed by atoms with Crippen LogP contribution in [0.4, 0.5) is 0 Å². The predicted octanol–water partition coefficient (Wildman–Crippen LogP) is 3.67. The summed E-state index contributed by atoms with van der Waals surface area (Å²) in [7, 11) is 0. The molecule has 3 aliphatic rings. The lowest BCUT2D eigenvalue weighted by Gasteiger charge is -2.41. The first-order valence-corrected chi connectivity index (χ1v) is 9.13. The van der Waals surface area contributed by atoms with Crippen molar-refractivity contribution >= 4 is 0 Å². The average molecular weight is 278 g/mol. The summed E-state index contributed by atoms with van der Waals surface area (Å²) in [5.41, 5.74) is 0.584. The van der Waals surface area contributed by atoms with Crippen LogP contribution in [-0.4, -0.2) is 37.1 Å². The maximum Gasteiger partial charge on any atom is 0.00504 e. The van der Waals surface area contributed by atoms with Gasteiger partial charge in [-0.15, -0.1) is 0 Å². The van der Waals surface area contributed by atoms with Crippen LogP contribution in [0.1, 0.15) is 65.2 Å². The first-order valence-electron chi connectivity index (χ1n) is 9.13. The van der Waals surface area contributed by atoms with Crippen molar-refractivity contribution in [2.45, 2.75) is 71.3 Å². The molecule has 2 nitrogen and oxygen atoms in total. The number of likely N-dealkylation sites (tertiary alicyclic amines) is 1. The van der Waals surface area contributed by atoms with Crippen LogP contribution in [0.25, 0.3) is 0 Å². The molecule has 0 amide bonds. The van der Waals surface area contributed by atoms with Crippen molar-refractivity contribution in [2.75, 3.05) is 26.2 Å². The van der Waals surface area contributed by atoms with Crippen LogP contribution in [0.2, 0.25) is 0 Å². The van der Waals surface area contributed by atoms with E-state index >= 15 is 0 Å². The topological polar surface area (TPSA) is 15.3 Å². The highest BCUT2D eigenvalue weighted by Crippen LogP contribution is 2.42. The Morgan fingerprint density at radius 1 is 1.00 bits per heavy atom. The molecular formula is C18H34N2. The van der Waals surface area contributed by atoms with Crippen molar-refractivity contribution in [3.63, 3.8) is 0 Å². The Morgan fingerprint density at radius 2 is 1.65 bits per heavy atom. The number of hydrogen-bond donors (Lipinski definition) is 1. The second-order valence-corrected chi connectivity index (χ2v) is 8.24. The summed E-state index contributed by atoms with van der Waals surface area (Å²) in [5.74, 6) is 2.10. The molecule has 0 spiro atoms. The van der Waals surface area contributed by atoms with E-state index in [0.717, 1.165) is 11.8 Å². The first kappa shape index (κ1) is 14.8. The minimum Gasteiger partial charge on any atom is -0.314 e. The molecule has 2 unspecified atom stereocenters. The molecule has 20 heavy (non-hydrogen) atoms. The van der Waals surface area contributed by atoms with E-state index in [9.17, 15) is 0 Å². The number of nitrogens with one attached hydrogen (secondary N) is 1. The van der Waals surface area contributed by atoms with Crippen LogP contribution >= 0.6 is 0 Å². The highest BCUT2D eigenvalue weighted by Gasteiger charge is 2.40. The molecule has 3 rings (SSSR count). The van der Waals surface area contributed by atoms with Gasteiger partial charge in [0, 0.05) is 32.2 Å². The van der Waals surface area contributed by atoms with Gasteiger partial charge in [0.05, 0.1) is 0 Å². The fraction of sp³-hybridized carbons (Fsp3) is 1.00. The SMILES string of the molecule is CC(C)NCC1(CN2CC3CCCC3C2)CCCCC1. The van der Waals surface area contributed by atoms with E-state index < -0.39 is 0 Å². The molecule has 0 aromatic carbocycles. The van der Waals surface area contributed by atoms with Crippen LogP contribution in [0.15, 0.2) is 0 Å². The molecule has 1 aliphatic heterocycles. The Labute approximate surface area is 125 Å². The van der Waals surface area contributed by atoms with E-state index in [-0.39, 0.29) is 0 Å². The van der Waals surface area contributed by atoms with Gasteiger partial charge >= 0.3 is 0 Å². The lowest BCUT2D eigenvalue weighted by atomic mass is 9.73. The zero-order valence-corrected chi connectivity index (χ0v) is 13.7. The van der Waals surface area contributed by atoms with Crippen LogP contribution in [-0.2, 0) is 0 Å². The van der Waals surface area contributed by atoms with Gasteiger partial charge in [-0.3, -0.25) is 0 Å². The van der Waals surface area contributed by atoms with Crippen molar-refractivity contribution in [3.8, 4) is 0 Å². The van der Waals surface area contributed by atoms with Gasteiger partial charge in [0.15, 0.2) is 0 Å². The van der Waals surface area contributed by atoms with Crippen molar-refractivity contribution in [3.05, 3.63) is 0 Å². The highest BCUT2D eigenvalue weighted by molar-refractivity contribution is 4.94. The van der Waals surface area contributed by atoms with E-state index in [1.54, 1.807) is 0 Å². The summed E-state index contributed by atoms with van der Waals surface area (Å²) in [5, 5.41) is 3.75. The number of hydrogen-bond acceptors (Lipinski definition) is 2. The monoisotopic (exact) mass is 278 g/mol. The van der Waals surface area contributed by atoms with Crippen LogP contribution in [0.5, 0.6) is 0 Å². The van der Waals surface area contributed by atoms with E-state index in [2.05, 4.69) is 24.1 Å². The minimum absolute atomic E-state index is 0.584. The minimum atomic E-state index is 0.584. The van der Waals surface area contributed by atoms with Crippen LogP contribution in [0.3, 0.4) is 0 Å². The molecule has 0 aromatic rings. The van der Waals surface area contributed by atoms with Gasteiger partial charge in [-0.2, -0.15) is 0 Å². The first-order chi connectivity index (χ1) is 9.67. The molecule has 1 heterocycles. The molecule has 2 saturated carbocycles. The van der Waals surface area contributed by atoms with Gasteiger partial charge in [-0.05, 0) is 42.9 Å². The average Bonchev–Trinajstić information content (AvgIpc) is 2.98. The van der Waals surface area contributed by atoms with E-state index in [0.29, 0.717) is 11.5 Å². The fourth-order valence-electron chi connectivity index (χ4n) is 5.05. The van der Waals surface area contributed by atoms with Crippen molar-refractivity contribution in [1.29, 1.82) is 0 Å². The highest BCUT2D eigenvalue weighted by atomic mass is 15.2. The molecule has 2 atom stereocenters. The van der Waals surface area contributed by atoms with Gasteiger partial charge in [0.2, 0.25) is 0 Å². The van der Waals surface area contributed by atoms with E-state index in [1.165, 1.54) is 77.5 Å². The normalized spacial score (nSPS) is 33.8. The molecule has 0 bridgehead atoms. The summed E-state index contributed by atoms with van der Waals surface area (Å²) in [4.78, 5) is 2.84. The van der Waals surface area contributed by atoms with Crippen LogP contribution < -0.4 is 5.32 Å². The van der Waals surface area contributed by atoms with E-state index in [1.807, 2.05) is 0 Å². The molecule has 2 aliphatic carbocycles. The number of fused-ring (bicyclic) bond motifs is 1. The fourth-order valence-corrected chi connectivity index (χ4v) is 5.05. The maximum absolute atomic E-state index is 3.75. The second-order valence-electron chi connectivity index (χ2n) is 8.24. The van der Waals surface area contributed by atoms with Crippen molar-refractivity contribution < 1.29 is 0 Å². The summed E-state index contributed by atoms with van der Waals surface area (Å²) in [6.45, 7) is 10.0. The largest absolute Gasteiger partial charge is 0.314 e. The third-order valence-corrected chi connectivity index (χ3v) is 6.16. The number of nitrogens with zero attached hydrogens (tertiary/aromatic N) is 1. The van der Waals surface area contributed by atoms with Gasteiger partial charge in [0.25, 0.3) is 0 Å². The Morgan fingerprint density at radius 3 is 2.25 bits per heavy atom. The summed E-state index contributed by atoms with van der Waals surface area (Å²) >= 11 is 0. The zero-order chi connectivity index (χ0) is 14.0. The Bertz CT molecular complexity index is 295. The van der Waals surface area contributed by atoms with Gasteiger partial charge in [-0.1, -0.05) is 39.5 Å². The Hall–Kier alpha value is -0.0800. The van der Waals surface area contributed by atoms with Gasteiger partial charge in [0.1, 0.15) is 0 Å². The zero-order valence-electron chi connectivity index (χ0n) is 13.7. The third kappa shape index (κ3) is 3.39. The number of rotatable bonds is 5. The predicted molar refractivity (Wildman–Crippen MR) is 85.9 cm³/mol. The Kier molecular flexibility index (Phi) is 4.72. The standard InChI is InChI=1S/C18H34N2/c1-15(2)19-13-18(9-4-3-5-10-18)14-20-11-16-7-6-8-17(16)12-20/h15-17,19H,3-14H2,1-2H3. The van der Waals surface area contributed by atoms with Crippen LogP contribution in [0, 0.1) is 17.3 Å². The molecular weight excluding hydrogens is 244 g/mol. The lowest BCUT2D eigenvalue weighted by molar-refractivity contribution is 0.109. The van der Waals surface area contributed by atoms with Crippen molar-refractivity contribution in [1.82, 2.24) is 10.2 Å². The quantitative estimate of drug-likeness (QED) is 0.825. The molecule has 2 heteroatoms. The van der Waals surface area contributed by atoms with Gasteiger partial charge < -0.3 is 10.2 Å². The maximum atomic E-state index is 3.75. The molecule has 3 fully saturated rings. The summed E-state index contributed by atoms with van der Waals surface area (Å²) < 4.78 is 0. The van der Waals surface area contributed by atoms with Gasteiger partial charge in [-0.25, -0.2) is 0 Å². The van der Waals surface area contributed by atoms with Crippen molar-refractivity contribution in [2.24, 2.45) is 17.3 Å². The molecule has 1 N–H and O–H groups in total. The molecule has 116 valence electrons. The third-order valence-electron chi connectivity index (χ3n) is 6.16. The summed E-state index contributed by atoms with van der Waals surface area (Å²) in [6, 6.07) is 0.631.